The Morgan fingerprint density at radius 3 is 3.19 bits per heavy atom. The van der Waals surface area contributed by atoms with Gasteiger partial charge in [0, 0.05) is 5.39 Å². The summed E-state index contributed by atoms with van der Waals surface area (Å²) in [6, 6.07) is 5.37. The van der Waals surface area contributed by atoms with Crippen LogP contribution in [0.4, 0.5) is 0 Å². The zero-order chi connectivity index (χ0) is 11.4. The number of unbranched alkanes of at least 4 members (excludes halogenated alkanes) is 1. The van der Waals surface area contributed by atoms with Gasteiger partial charge < -0.3 is 4.74 Å². The minimum atomic E-state index is -0.273. The highest BCUT2D eigenvalue weighted by Gasteiger charge is 2.07. The third-order valence-electron chi connectivity index (χ3n) is 2.41. The van der Waals surface area contributed by atoms with Gasteiger partial charge in [-0.1, -0.05) is 19.4 Å². The van der Waals surface area contributed by atoms with Crippen molar-refractivity contribution in [1.29, 1.82) is 0 Å². The van der Waals surface area contributed by atoms with Gasteiger partial charge in [-0.3, -0.25) is 5.10 Å². The number of hydrogen-bond acceptors (Lipinski definition) is 3. The summed E-state index contributed by atoms with van der Waals surface area (Å²) in [6.07, 6.45) is 3.65. The zero-order valence-electron chi connectivity index (χ0n) is 9.19. The van der Waals surface area contributed by atoms with Gasteiger partial charge in [0.15, 0.2) is 0 Å². The van der Waals surface area contributed by atoms with Gasteiger partial charge in [-0.2, -0.15) is 5.10 Å². The first-order valence-electron chi connectivity index (χ1n) is 5.41. The lowest BCUT2D eigenvalue weighted by Gasteiger charge is -2.03. The number of nitrogens with zero attached hydrogens (tertiary/aromatic N) is 1. The molecule has 0 spiro atoms. The van der Waals surface area contributed by atoms with E-state index >= 15 is 0 Å². The number of carbonyl (C=O) groups is 1. The third-order valence-corrected chi connectivity index (χ3v) is 2.41. The van der Waals surface area contributed by atoms with Crippen molar-refractivity contribution in [2.75, 3.05) is 6.61 Å². The molecule has 1 aromatic heterocycles. The number of ether oxygens (including phenoxy) is 1. The average molecular weight is 218 g/mol. The van der Waals surface area contributed by atoms with Gasteiger partial charge in [0.25, 0.3) is 0 Å². The molecule has 0 atom stereocenters. The molecule has 4 heteroatoms. The summed E-state index contributed by atoms with van der Waals surface area (Å²) in [5.41, 5.74) is 1.41. The molecule has 0 aliphatic carbocycles. The first-order valence-corrected chi connectivity index (χ1v) is 5.41. The van der Waals surface area contributed by atoms with Gasteiger partial charge in [0.2, 0.25) is 0 Å². The van der Waals surface area contributed by atoms with E-state index in [-0.39, 0.29) is 5.97 Å². The number of hydrogen-bond donors (Lipinski definition) is 1. The number of fused-ring (bicyclic) bond motifs is 1. The number of carbonyl (C=O) groups excluding carboxylic acids is 1. The van der Waals surface area contributed by atoms with Gasteiger partial charge in [0.1, 0.15) is 0 Å². The summed E-state index contributed by atoms with van der Waals surface area (Å²) >= 11 is 0. The van der Waals surface area contributed by atoms with Crippen molar-refractivity contribution in [3.8, 4) is 0 Å². The fraction of sp³-hybridized carbons (Fsp3) is 0.333. The van der Waals surface area contributed by atoms with Gasteiger partial charge in [0.05, 0.1) is 23.9 Å². The van der Waals surface area contributed by atoms with E-state index in [1.165, 1.54) is 0 Å². The van der Waals surface area contributed by atoms with Gasteiger partial charge >= 0.3 is 5.97 Å². The predicted octanol–water partition coefficient (Wildman–Crippen LogP) is 2.52. The number of nitrogens with one attached hydrogen (secondary N) is 1. The fourth-order valence-electron chi connectivity index (χ4n) is 1.46. The van der Waals surface area contributed by atoms with E-state index in [1.54, 1.807) is 18.3 Å². The number of aromatic amines is 1. The lowest BCUT2D eigenvalue weighted by atomic mass is 10.2. The van der Waals surface area contributed by atoms with E-state index < -0.39 is 0 Å². The monoisotopic (exact) mass is 218 g/mol. The number of rotatable bonds is 4. The molecule has 16 heavy (non-hydrogen) atoms. The fourth-order valence-corrected chi connectivity index (χ4v) is 1.46. The Labute approximate surface area is 93.6 Å². The van der Waals surface area contributed by atoms with Gasteiger partial charge in [-0.15, -0.1) is 0 Å². The Bertz CT molecular complexity index is 490. The van der Waals surface area contributed by atoms with Crippen LogP contribution in [0.3, 0.4) is 0 Å². The second-order valence-corrected chi connectivity index (χ2v) is 3.66. The van der Waals surface area contributed by atoms with Gasteiger partial charge in [-0.25, -0.2) is 4.79 Å². The molecule has 1 N–H and O–H groups in total. The molecule has 0 saturated heterocycles. The molecule has 2 rings (SSSR count). The molecule has 1 heterocycles. The minimum absolute atomic E-state index is 0.273. The second-order valence-electron chi connectivity index (χ2n) is 3.66. The van der Waals surface area contributed by atoms with E-state index in [1.807, 2.05) is 6.07 Å². The van der Waals surface area contributed by atoms with Crippen LogP contribution in [0.15, 0.2) is 24.4 Å². The van der Waals surface area contributed by atoms with Crippen LogP contribution < -0.4 is 0 Å². The molecule has 0 aliphatic rings. The lowest BCUT2D eigenvalue weighted by Crippen LogP contribution is -2.06. The van der Waals surface area contributed by atoms with E-state index in [9.17, 15) is 4.79 Å². The second kappa shape index (κ2) is 4.79. The molecule has 0 bridgehead atoms. The molecule has 0 saturated carbocycles. The molecular weight excluding hydrogens is 204 g/mol. The Morgan fingerprint density at radius 1 is 1.50 bits per heavy atom. The van der Waals surface area contributed by atoms with E-state index in [0.717, 1.165) is 23.7 Å². The van der Waals surface area contributed by atoms with Crippen molar-refractivity contribution >= 4 is 16.9 Å². The van der Waals surface area contributed by atoms with Crippen LogP contribution in [0, 0.1) is 0 Å². The standard InChI is InChI=1S/C12H14N2O2/c1-2-3-6-16-12(15)9-4-5-10-8-13-14-11(10)7-9/h4-5,7-8H,2-3,6H2,1H3,(H,13,14). The van der Waals surface area contributed by atoms with Crippen LogP contribution in [0.5, 0.6) is 0 Å². The minimum Gasteiger partial charge on any atom is -0.462 e. The molecule has 2 aromatic rings. The van der Waals surface area contributed by atoms with E-state index in [2.05, 4.69) is 17.1 Å². The summed E-state index contributed by atoms with van der Waals surface area (Å²) < 4.78 is 5.12. The van der Waals surface area contributed by atoms with Crippen molar-refractivity contribution in [3.05, 3.63) is 30.0 Å². The molecule has 0 radical (unpaired) electrons. The quantitative estimate of drug-likeness (QED) is 0.633. The number of aromatic nitrogens is 2. The van der Waals surface area contributed by atoms with Crippen LogP contribution >= 0.6 is 0 Å². The van der Waals surface area contributed by atoms with Crippen molar-refractivity contribution in [2.24, 2.45) is 0 Å². The van der Waals surface area contributed by atoms with Crippen LogP contribution in [-0.4, -0.2) is 22.8 Å². The maximum Gasteiger partial charge on any atom is 0.338 e. The summed E-state index contributed by atoms with van der Waals surface area (Å²) in [5.74, 6) is -0.273. The first kappa shape index (κ1) is 10.7. The SMILES string of the molecule is CCCCOC(=O)c1ccc2cn[nH]c2c1. The maximum atomic E-state index is 11.6. The summed E-state index contributed by atoms with van der Waals surface area (Å²) in [6.45, 7) is 2.54. The Morgan fingerprint density at radius 2 is 2.38 bits per heavy atom. The lowest BCUT2D eigenvalue weighted by molar-refractivity contribution is 0.0500. The van der Waals surface area contributed by atoms with Crippen LogP contribution in [-0.2, 0) is 4.74 Å². The Balaban J connectivity index is 2.10. The summed E-state index contributed by atoms with van der Waals surface area (Å²) in [5, 5.41) is 7.72. The molecule has 0 fully saturated rings. The topological polar surface area (TPSA) is 55.0 Å². The van der Waals surface area contributed by atoms with E-state index in [0.29, 0.717) is 12.2 Å². The van der Waals surface area contributed by atoms with Crippen molar-refractivity contribution in [2.45, 2.75) is 19.8 Å². The van der Waals surface area contributed by atoms with Crippen molar-refractivity contribution in [3.63, 3.8) is 0 Å². The summed E-state index contributed by atoms with van der Waals surface area (Å²) in [7, 11) is 0. The molecule has 0 amide bonds. The Kier molecular flexibility index (Phi) is 3.19. The summed E-state index contributed by atoms with van der Waals surface area (Å²) in [4.78, 5) is 11.6. The highest BCUT2D eigenvalue weighted by Crippen LogP contribution is 2.13. The molecule has 84 valence electrons. The van der Waals surface area contributed by atoms with Gasteiger partial charge in [-0.05, 0) is 18.6 Å². The first-order chi connectivity index (χ1) is 7.81. The average Bonchev–Trinajstić information content (AvgIpc) is 2.76. The zero-order valence-corrected chi connectivity index (χ0v) is 9.19. The molecule has 0 aliphatic heterocycles. The van der Waals surface area contributed by atoms with Crippen LogP contribution in [0.1, 0.15) is 30.1 Å². The number of benzene rings is 1. The van der Waals surface area contributed by atoms with Crippen LogP contribution in [0.25, 0.3) is 10.9 Å². The third kappa shape index (κ3) is 2.21. The van der Waals surface area contributed by atoms with Crippen molar-refractivity contribution in [1.82, 2.24) is 10.2 Å². The highest BCUT2D eigenvalue weighted by atomic mass is 16.5. The maximum absolute atomic E-state index is 11.6. The molecule has 0 unspecified atom stereocenters. The number of H-pyrrole nitrogens is 1. The molecular formula is C12H14N2O2. The molecule has 4 nitrogen and oxygen atoms in total. The Hall–Kier alpha value is -1.84. The van der Waals surface area contributed by atoms with Crippen LogP contribution in [0.2, 0.25) is 0 Å². The normalized spacial score (nSPS) is 10.6. The predicted molar refractivity (Wildman–Crippen MR) is 61.3 cm³/mol. The smallest absolute Gasteiger partial charge is 0.338 e. The van der Waals surface area contributed by atoms with E-state index in [4.69, 9.17) is 4.74 Å². The number of esters is 1. The highest BCUT2D eigenvalue weighted by molar-refractivity contribution is 5.94. The largest absolute Gasteiger partial charge is 0.462 e. The molecule has 1 aromatic carbocycles. The van der Waals surface area contributed by atoms with Crippen molar-refractivity contribution < 1.29 is 9.53 Å².